The second kappa shape index (κ2) is 5.64. The summed E-state index contributed by atoms with van der Waals surface area (Å²) in [5, 5.41) is 0. The van der Waals surface area contributed by atoms with Crippen LogP contribution in [0.2, 0.25) is 0 Å². The molecule has 0 aromatic rings. The molecule has 0 radical (unpaired) electrons. The number of likely N-dealkylation sites (tertiary alicyclic amines) is 1. The van der Waals surface area contributed by atoms with E-state index in [1.54, 1.807) is 0 Å². The first kappa shape index (κ1) is 13.5. The molecule has 1 fully saturated rings. The zero-order valence-corrected chi connectivity index (χ0v) is 10.9. The number of amides is 1. The van der Waals surface area contributed by atoms with Gasteiger partial charge in [0.1, 0.15) is 0 Å². The number of carbonyl (C=O) groups is 1. The Hall–Kier alpha value is -0.610. The fourth-order valence-electron chi connectivity index (χ4n) is 2.19. The van der Waals surface area contributed by atoms with Crippen LogP contribution in [-0.4, -0.2) is 55.5 Å². The van der Waals surface area contributed by atoms with Crippen molar-refractivity contribution in [2.24, 2.45) is 17.6 Å². The van der Waals surface area contributed by atoms with Gasteiger partial charge in [-0.3, -0.25) is 4.79 Å². The molecule has 0 unspecified atom stereocenters. The Kier molecular flexibility index (Phi) is 4.74. The van der Waals surface area contributed by atoms with Gasteiger partial charge < -0.3 is 15.5 Å². The van der Waals surface area contributed by atoms with E-state index in [9.17, 15) is 4.79 Å². The highest BCUT2D eigenvalue weighted by atomic mass is 16.2. The summed E-state index contributed by atoms with van der Waals surface area (Å²) in [5.41, 5.74) is 5.88. The van der Waals surface area contributed by atoms with E-state index in [-0.39, 0.29) is 17.9 Å². The molecule has 2 atom stereocenters. The van der Waals surface area contributed by atoms with Crippen molar-refractivity contribution in [3.63, 3.8) is 0 Å². The highest BCUT2D eigenvalue weighted by Gasteiger charge is 2.30. The Morgan fingerprint density at radius 1 is 1.50 bits per heavy atom. The summed E-state index contributed by atoms with van der Waals surface area (Å²) >= 11 is 0. The zero-order chi connectivity index (χ0) is 12.3. The fraction of sp³-hybridized carbons (Fsp3) is 0.917. The van der Waals surface area contributed by atoms with Crippen LogP contribution in [-0.2, 0) is 4.79 Å². The molecule has 4 heteroatoms. The van der Waals surface area contributed by atoms with Crippen molar-refractivity contribution in [2.45, 2.75) is 26.3 Å². The summed E-state index contributed by atoms with van der Waals surface area (Å²) in [6.07, 6.45) is 1.11. The van der Waals surface area contributed by atoms with Crippen LogP contribution in [0, 0.1) is 11.8 Å². The molecule has 1 rings (SSSR count). The summed E-state index contributed by atoms with van der Waals surface area (Å²) in [6.45, 7) is 6.79. The Morgan fingerprint density at radius 2 is 2.12 bits per heavy atom. The van der Waals surface area contributed by atoms with E-state index in [1.807, 2.05) is 18.7 Å². The van der Waals surface area contributed by atoms with Gasteiger partial charge in [-0.25, -0.2) is 0 Å². The summed E-state index contributed by atoms with van der Waals surface area (Å²) in [4.78, 5) is 16.1. The van der Waals surface area contributed by atoms with Crippen molar-refractivity contribution in [3.8, 4) is 0 Å². The zero-order valence-electron chi connectivity index (χ0n) is 10.9. The summed E-state index contributed by atoms with van der Waals surface area (Å²) in [7, 11) is 4.15. The predicted octanol–water partition coefficient (Wildman–Crippen LogP) is 0.380. The van der Waals surface area contributed by atoms with Gasteiger partial charge in [-0.2, -0.15) is 0 Å². The van der Waals surface area contributed by atoms with Gasteiger partial charge >= 0.3 is 0 Å². The number of hydrogen-bond acceptors (Lipinski definition) is 3. The lowest BCUT2D eigenvalue weighted by Crippen LogP contribution is -2.45. The molecule has 0 saturated carbocycles. The van der Waals surface area contributed by atoms with Crippen molar-refractivity contribution < 1.29 is 4.79 Å². The Bertz CT molecular complexity index is 240. The molecule has 0 aliphatic carbocycles. The van der Waals surface area contributed by atoms with Gasteiger partial charge in [0.25, 0.3) is 0 Å². The molecule has 0 aromatic carbocycles. The van der Waals surface area contributed by atoms with E-state index in [4.69, 9.17) is 5.73 Å². The second-order valence-electron chi connectivity index (χ2n) is 5.47. The van der Waals surface area contributed by atoms with Crippen LogP contribution >= 0.6 is 0 Å². The lowest BCUT2D eigenvalue weighted by atomic mass is 10.0. The summed E-state index contributed by atoms with van der Waals surface area (Å²) < 4.78 is 0. The smallest absolute Gasteiger partial charge is 0.239 e. The number of rotatable bonds is 4. The molecule has 1 heterocycles. The van der Waals surface area contributed by atoms with Crippen molar-refractivity contribution in [1.29, 1.82) is 0 Å². The lowest BCUT2D eigenvalue weighted by Gasteiger charge is -2.23. The van der Waals surface area contributed by atoms with E-state index >= 15 is 0 Å². The number of hydrogen-bond donors (Lipinski definition) is 1. The summed E-state index contributed by atoms with van der Waals surface area (Å²) in [6, 6.07) is -0.335. The van der Waals surface area contributed by atoms with Crippen LogP contribution in [0.15, 0.2) is 0 Å². The molecule has 0 spiro atoms. The van der Waals surface area contributed by atoms with Crippen LogP contribution in [0.1, 0.15) is 20.3 Å². The van der Waals surface area contributed by atoms with E-state index in [2.05, 4.69) is 19.0 Å². The first-order valence-electron chi connectivity index (χ1n) is 6.11. The van der Waals surface area contributed by atoms with Crippen LogP contribution in [0.3, 0.4) is 0 Å². The molecule has 16 heavy (non-hydrogen) atoms. The van der Waals surface area contributed by atoms with Crippen molar-refractivity contribution in [3.05, 3.63) is 0 Å². The van der Waals surface area contributed by atoms with Gasteiger partial charge in [-0.05, 0) is 32.4 Å². The Labute approximate surface area is 98.8 Å². The minimum Gasteiger partial charge on any atom is -0.341 e. The van der Waals surface area contributed by atoms with Gasteiger partial charge in [0, 0.05) is 19.6 Å². The van der Waals surface area contributed by atoms with Crippen molar-refractivity contribution in [2.75, 3.05) is 33.7 Å². The van der Waals surface area contributed by atoms with Crippen molar-refractivity contribution >= 4 is 5.91 Å². The molecule has 0 aromatic heterocycles. The minimum absolute atomic E-state index is 0.122. The number of nitrogens with zero attached hydrogens (tertiary/aromatic N) is 2. The standard InChI is InChI=1S/C12H25N3O/c1-9(2)11(13)12(16)15-6-5-10(8-15)7-14(3)4/h9-11H,5-8,13H2,1-4H3/t10-,11-/m0/s1. The maximum absolute atomic E-state index is 12.0. The first-order chi connectivity index (χ1) is 7.41. The highest BCUT2D eigenvalue weighted by Crippen LogP contribution is 2.18. The van der Waals surface area contributed by atoms with E-state index in [0.29, 0.717) is 5.92 Å². The first-order valence-corrected chi connectivity index (χ1v) is 6.11. The minimum atomic E-state index is -0.335. The van der Waals surface area contributed by atoms with Gasteiger partial charge in [-0.15, -0.1) is 0 Å². The quantitative estimate of drug-likeness (QED) is 0.755. The largest absolute Gasteiger partial charge is 0.341 e. The van der Waals surface area contributed by atoms with Gasteiger partial charge in [0.15, 0.2) is 0 Å². The monoisotopic (exact) mass is 227 g/mol. The molecule has 1 saturated heterocycles. The fourth-order valence-corrected chi connectivity index (χ4v) is 2.19. The molecule has 0 bridgehead atoms. The van der Waals surface area contributed by atoms with Crippen LogP contribution in [0.5, 0.6) is 0 Å². The third-order valence-electron chi connectivity index (χ3n) is 3.22. The Morgan fingerprint density at radius 3 is 2.62 bits per heavy atom. The summed E-state index contributed by atoms with van der Waals surface area (Å²) in [5.74, 6) is 0.954. The van der Waals surface area contributed by atoms with Crippen LogP contribution < -0.4 is 5.73 Å². The van der Waals surface area contributed by atoms with E-state index in [1.165, 1.54) is 0 Å². The average Bonchev–Trinajstić information content (AvgIpc) is 2.62. The molecular weight excluding hydrogens is 202 g/mol. The maximum atomic E-state index is 12.0. The Balaban J connectivity index is 2.43. The normalized spacial score (nSPS) is 23.2. The molecule has 2 N–H and O–H groups in total. The number of nitrogens with two attached hydrogens (primary N) is 1. The van der Waals surface area contributed by atoms with E-state index < -0.39 is 0 Å². The maximum Gasteiger partial charge on any atom is 0.239 e. The van der Waals surface area contributed by atoms with Gasteiger partial charge in [0.2, 0.25) is 5.91 Å². The predicted molar refractivity (Wildman–Crippen MR) is 66.1 cm³/mol. The van der Waals surface area contributed by atoms with Gasteiger partial charge in [0.05, 0.1) is 6.04 Å². The van der Waals surface area contributed by atoms with Gasteiger partial charge in [-0.1, -0.05) is 13.8 Å². The molecule has 94 valence electrons. The SMILES string of the molecule is CC(C)[C@H](N)C(=O)N1CC[C@@H](CN(C)C)C1. The molecular formula is C12H25N3O. The molecule has 1 aliphatic heterocycles. The topological polar surface area (TPSA) is 49.6 Å². The highest BCUT2D eigenvalue weighted by molar-refractivity contribution is 5.82. The van der Waals surface area contributed by atoms with Crippen LogP contribution in [0.4, 0.5) is 0 Å². The van der Waals surface area contributed by atoms with E-state index in [0.717, 1.165) is 26.1 Å². The third-order valence-corrected chi connectivity index (χ3v) is 3.22. The molecule has 1 amide bonds. The second-order valence-corrected chi connectivity index (χ2v) is 5.47. The third kappa shape index (κ3) is 3.46. The van der Waals surface area contributed by atoms with Crippen molar-refractivity contribution in [1.82, 2.24) is 9.80 Å². The molecule has 1 aliphatic rings. The van der Waals surface area contributed by atoms with Crippen LogP contribution in [0.25, 0.3) is 0 Å². The molecule has 4 nitrogen and oxygen atoms in total. The average molecular weight is 227 g/mol. The number of carbonyl (C=O) groups excluding carboxylic acids is 1. The lowest BCUT2D eigenvalue weighted by molar-refractivity contribution is -0.132.